The lowest BCUT2D eigenvalue weighted by atomic mass is 10.1. The van der Waals surface area contributed by atoms with E-state index in [0.29, 0.717) is 25.8 Å². The number of aliphatic carboxylic acids is 1. The van der Waals surface area contributed by atoms with Crippen LogP contribution in [-0.2, 0) is 28.8 Å². The van der Waals surface area contributed by atoms with Gasteiger partial charge in [-0.1, -0.05) is 0 Å². The van der Waals surface area contributed by atoms with E-state index >= 15 is 0 Å². The molecule has 11 N–H and O–H groups in total. The minimum atomic E-state index is -1.26. The van der Waals surface area contributed by atoms with Crippen molar-refractivity contribution >= 4 is 41.5 Å². The predicted octanol–water partition coefficient (Wildman–Crippen LogP) is -4.11. The number of likely N-dealkylation sites (tertiary alicyclic amines) is 1. The molecule has 0 radical (unpaired) electrons. The van der Waals surface area contributed by atoms with Crippen LogP contribution in [0.2, 0.25) is 0 Å². The highest BCUT2D eigenvalue weighted by molar-refractivity contribution is 5.94. The van der Waals surface area contributed by atoms with Crippen molar-refractivity contribution in [3.05, 3.63) is 0 Å². The maximum absolute atomic E-state index is 12.5. The molecule has 37 heavy (non-hydrogen) atoms. The second-order valence-corrected chi connectivity index (χ2v) is 8.57. The quantitative estimate of drug-likeness (QED) is 0.0598. The number of carbonyl (C=O) groups is 6. The van der Waals surface area contributed by atoms with Gasteiger partial charge in [0.2, 0.25) is 29.5 Å². The van der Waals surface area contributed by atoms with Crippen LogP contribution in [0.15, 0.2) is 0 Å². The highest BCUT2D eigenvalue weighted by atomic mass is 16.4. The highest BCUT2D eigenvalue weighted by Gasteiger charge is 2.34. The molecule has 1 aliphatic heterocycles. The molecule has 5 amide bonds. The van der Waals surface area contributed by atoms with E-state index in [4.69, 9.17) is 16.9 Å². The van der Waals surface area contributed by atoms with E-state index in [-0.39, 0.29) is 31.4 Å². The van der Waals surface area contributed by atoms with Crippen molar-refractivity contribution in [2.75, 3.05) is 26.2 Å². The van der Waals surface area contributed by atoms with E-state index in [1.54, 1.807) is 0 Å². The summed E-state index contributed by atoms with van der Waals surface area (Å²) < 4.78 is 0. The SMILES string of the molecule is C[C@H](NC(=O)CNC(=O)[C@H](C)NC(=O)[C@@H]1CCCN1C(=O)CN)C(=O)N[C@@H](CCCNC(=N)N)C(=O)O. The maximum Gasteiger partial charge on any atom is 0.326 e. The van der Waals surface area contributed by atoms with Gasteiger partial charge in [0.25, 0.3) is 0 Å². The number of nitrogens with two attached hydrogens (primary N) is 2. The minimum Gasteiger partial charge on any atom is -0.480 e. The lowest BCUT2D eigenvalue weighted by Gasteiger charge is -2.25. The van der Waals surface area contributed by atoms with Gasteiger partial charge in [-0.25, -0.2) is 4.79 Å². The van der Waals surface area contributed by atoms with Crippen molar-refractivity contribution in [2.45, 2.75) is 63.7 Å². The number of guanidine groups is 1. The first-order chi connectivity index (χ1) is 17.4. The zero-order valence-corrected chi connectivity index (χ0v) is 21.0. The third-order valence-electron chi connectivity index (χ3n) is 5.60. The summed E-state index contributed by atoms with van der Waals surface area (Å²) in [4.78, 5) is 73.9. The number of nitrogens with zero attached hydrogens (tertiary/aromatic N) is 1. The Kier molecular flexibility index (Phi) is 12.8. The molecule has 0 unspecified atom stereocenters. The van der Waals surface area contributed by atoms with Crippen LogP contribution < -0.4 is 38.1 Å². The Hall–Kier alpha value is -3.95. The summed E-state index contributed by atoms with van der Waals surface area (Å²) in [6.07, 6.45) is 1.48. The average molecular weight is 528 g/mol. The molecule has 1 fully saturated rings. The third-order valence-corrected chi connectivity index (χ3v) is 5.60. The fraction of sp³-hybridized carbons (Fsp3) is 0.667. The smallest absolute Gasteiger partial charge is 0.326 e. The lowest BCUT2D eigenvalue weighted by molar-refractivity contribution is -0.142. The zero-order chi connectivity index (χ0) is 28.1. The summed E-state index contributed by atoms with van der Waals surface area (Å²) in [7, 11) is 0. The molecule has 1 rings (SSSR count). The molecular formula is C21H37N9O7. The Balaban J connectivity index is 2.45. The minimum absolute atomic E-state index is 0.0701. The van der Waals surface area contributed by atoms with Gasteiger partial charge >= 0.3 is 5.97 Å². The van der Waals surface area contributed by atoms with Crippen LogP contribution in [0.5, 0.6) is 0 Å². The van der Waals surface area contributed by atoms with Gasteiger partial charge in [-0.2, -0.15) is 0 Å². The molecule has 16 nitrogen and oxygen atoms in total. The van der Waals surface area contributed by atoms with Crippen LogP contribution in [0, 0.1) is 5.41 Å². The number of carboxylic acids is 1. The molecule has 0 aliphatic carbocycles. The fourth-order valence-corrected chi connectivity index (χ4v) is 3.59. The van der Waals surface area contributed by atoms with Crippen LogP contribution in [-0.4, -0.2) is 102 Å². The first-order valence-corrected chi connectivity index (χ1v) is 11.8. The lowest BCUT2D eigenvalue weighted by Crippen LogP contribution is -2.54. The van der Waals surface area contributed by atoms with Gasteiger partial charge < -0.3 is 48.1 Å². The molecule has 0 aromatic heterocycles. The van der Waals surface area contributed by atoms with Gasteiger partial charge in [0.05, 0.1) is 13.1 Å². The molecule has 0 spiro atoms. The van der Waals surface area contributed by atoms with E-state index in [1.165, 1.54) is 18.7 Å². The van der Waals surface area contributed by atoms with Crippen molar-refractivity contribution < 1.29 is 33.9 Å². The maximum atomic E-state index is 12.5. The van der Waals surface area contributed by atoms with Gasteiger partial charge in [0, 0.05) is 13.1 Å². The summed E-state index contributed by atoms with van der Waals surface area (Å²) in [5.74, 6) is -4.46. The number of carboxylic acid groups (broad SMARTS) is 1. The number of nitrogens with one attached hydrogen (secondary N) is 6. The van der Waals surface area contributed by atoms with Crippen molar-refractivity contribution in [3.8, 4) is 0 Å². The van der Waals surface area contributed by atoms with Gasteiger partial charge in [0.1, 0.15) is 24.2 Å². The van der Waals surface area contributed by atoms with Crippen molar-refractivity contribution in [1.29, 1.82) is 5.41 Å². The largest absolute Gasteiger partial charge is 0.480 e. The molecule has 1 saturated heterocycles. The van der Waals surface area contributed by atoms with E-state index < -0.39 is 60.3 Å². The van der Waals surface area contributed by atoms with Crippen molar-refractivity contribution in [1.82, 2.24) is 31.5 Å². The van der Waals surface area contributed by atoms with Gasteiger partial charge in [-0.3, -0.25) is 29.4 Å². The number of hydrogen-bond acceptors (Lipinski definition) is 8. The molecule has 0 bridgehead atoms. The van der Waals surface area contributed by atoms with E-state index in [1.807, 2.05) is 0 Å². The summed E-state index contributed by atoms with van der Waals surface area (Å²) >= 11 is 0. The number of rotatable bonds is 14. The normalized spacial score (nSPS) is 17.1. The Morgan fingerprint density at radius 2 is 1.68 bits per heavy atom. The number of amides is 5. The standard InChI is InChI=1S/C21H37N9O7/c1-11(28-19(35)14-6-4-8-30(14)16(32)9-22)17(33)26-10-15(31)27-12(2)18(34)29-13(20(36)37)5-3-7-25-21(23)24/h11-14H,3-10,22H2,1-2H3,(H,26,33)(H,27,31)(H,28,35)(H,29,34)(H,36,37)(H4,23,24,25)/t11-,12-,13-,14-/m0/s1. The first kappa shape index (κ1) is 31.1. The summed E-state index contributed by atoms with van der Waals surface area (Å²) in [5, 5.41) is 28.4. The van der Waals surface area contributed by atoms with E-state index in [0.717, 1.165) is 0 Å². The molecule has 1 heterocycles. The van der Waals surface area contributed by atoms with Crippen LogP contribution in [0.4, 0.5) is 0 Å². The molecule has 4 atom stereocenters. The van der Waals surface area contributed by atoms with Crippen molar-refractivity contribution in [2.24, 2.45) is 11.5 Å². The predicted molar refractivity (Wildman–Crippen MR) is 131 cm³/mol. The van der Waals surface area contributed by atoms with Gasteiger partial charge in [-0.15, -0.1) is 0 Å². The topological polar surface area (TPSA) is 262 Å². The third kappa shape index (κ3) is 10.7. The van der Waals surface area contributed by atoms with Crippen molar-refractivity contribution in [3.63, 3.8) is 0 Å². The number of carbonyl (C=O) groups excluding carboxylic acids is 5. The molecule has 0 saturated carbocycles. The van der Waals surface area contributed by atoms with Crippen LogP contribution in [0.3, 0.4) is 0 Å². The first-order valence-electron chi connectivity index (χ1n) is 11.8. The Labute approximate surface area is 214 Å². The van der Waals surface area contributed by atoms with Gasteiger partial charge in [0.15, 0.2) is 5.96 Å². The van der Waals surface area contributed by atoms with Crippen LogP contribution >= 0.6 is 0 Å². The number of hydrogen-bond donors (Lipinski definition) is 9. The molecule has 0 aromatic rings. The van der Waals surface area contributed by atoms with Crippen LogP contribution in [0.1, 0.15) is 39.5 Å². The summed E-state index contributed by atoms with van der Waals surface area (Å²) in [6.45, 7) is 2.72. The second kappa shape index (κ2) is 15.2. The average Bonchev–Trinajstić information content (AvgIpc) is 3.33. The molecule has 208 valence electrons. The zero-order valence-electron chi connectivity index (χ0n) is 21.0. The Morgan fingerprint density at radius 1 is 1.03 bits per heavy atom. The second-order valence-electron chi connectivity index (χ2n) is 8.57. The Morgan fingerprint density at radius 3 is 2.27 bits per heavy atom. The van der Waals surface area contributed by atoms with Crippen LogP contribution in [0.25, 0.3) is 0 Å². The molecule has 0 aromatic carbocycles. The molecular weight excluding hydrogens is 490 g/mol. The monoisotopic (exact) mass is 527 g/mol. The van der Waals surface area contributed by atoms with Gasteiger partial charge in [-0.05, 0) is 39.5 Å². The summed E-state index contributed by atoms with van der Waals surface area (Å²) in [5.41, 5.74) is 10.5. The fourth-order valence-electron chi connectivity index (χ4n) is 3.59. The van der Waals surface area contributed by atoms with E-state index in [9.17, 15) is 33.9 Å². The molecule has 16 heteroatoms. The van der Waals surface area contributed by atoms with E-state index in [2.05, 4.69) is 26.6 Å². The molecule has 1 aliphatic rings. The Bertz CT molecular complexity index is 882. The summed E-state index contributed by atoms with van der Waals surface area (Å²) in [6, 6.07) is -4.01. The highest BCUT2D eigenvalue weighted by Crippen LogP contribution is 2.17.